The number of hydrogen-bond acceptors (Lipinski definition) is 4. The van der Waals surface area contributed by atoms with Gasteiger partial charge >= 0.3 is 5.97 Å². The number of hydrogen-bond donors (Lipinski definition) is 0. The lowest BCUT2D eigenvalue weighted by molar-refractivity contribution is 0.0734. The molecule has 0 saturated heterocycles. The van der Waals surface area contributed by atoms with Gasteiger partial charge < -0.3 is 14.2 Å². The molecule has 0 bridgehead atoms. The van der Waals surface area contributed by atoms with Crippen molar-refractivity contribution >= 4 is 5.97 Å². The first kappa shape index (κ1) is 31.7. The molecule has 4 nitrogen and oxygen atoms in total. The van der Waals surface area contributed by atoms with E-state index in [1.807, 2.05) is 24.3 Å². The van der Waals surface area contributed by atoms with Gasteiger partial charge in [-0.05, 0) is 61.4 Å². The number of benzene rings is 2. The van der Waals surface area contributed by atoms with Gasteiger partial charge in [-0.25, -0.2) is 4.79 Å². The van der Waals surface area contributed by atoms with Crippen LogP contribution in [-0.2, 0) is 0 Å². The molecule has 0 atom stereocenters. The fourth-order valence-corrected chi connectivity index (χ4v) is 4.49. The standard InChI is InChI=1S/C34H52O4/c1-3-5-7-9-11-13-15-17-18-28-36-31-22-20-30(21-23-31)34(35)38-33-26-24-32(25-27-33)37-29-19-16-14-12-10-8-6-4-2/h20-27H,3-19,28-29H2,1-2H3. The Balaban J connectivity index is 1.56. The summed E-state index contributed by atoms with van der Waals surface area (Å²) in [5.74, 6) is 1.74. The van der Waals surface area contributed by atoms with Crippen LogP contribution in [0.2, 0.25) is 0 Å². The summed E-state index contributed by atoms with van der Waals surface area (Å²) in [6.45, 7) is 5.95. The van der Waals surface area contributed by atoms with Gasteiger partial charge in [0.2, 0.25) is 0 Å². The van der Waals surface area contributed by atoms with Crippen LogP contribution in [0.1, 0.15) is 133 Å². The van der Waals surface area contributed by atoms with Crippen molar-refractivity contribution in [1.82, 2.24) is 0 Å². The molecule has 0 heterocycles. The largest absolute Gasteiger partial charge is 0.494 e. The Kier molecular flexibility index (Phi) is 17.9. The minimum atomic E-state index is -0.372. The Morgan fingerprint density at radius 2 is 0.816 bits per heavy atom. The second-order valence-corrected chi connectivity index (χ2v) is 10.4. The summed E-state index contributed by atoms with van der Waals surface area (Å²) in [6, 6.07) is 14.5. The summed E-state index contributed by atoms with van der Waals surface area (Å²) < 4.78 is 17.2. The van der Waals surface area contributed by atoms with Gasteiger partial charge in [-0.2, -0.15) is 0 Å². The average Bonchev–Trinajstić information content (AvgIpc) is 2.94. The smallest absolute Gasteiger partial charge is 0.343 e. The number of ether oxygens (including phenoxy) is 3. The molecule has 0 unspecified atom stereocenters. The highest BCUT2D eigenvalue weighted by Crippen LogP contribution is 2.20. The second kappa shape index (κ2) is 21.4. The third-order valence-electron chi connectivity index (χ3n) is 6.91. The van der Waals surface area contributed by atoms with Gasteiger partial charge in [0.1, 0.15) is 17.2 Å². The zero-order valence-corrected chi connectivity index (χ0v) is 24.2. The highest BCUT2D eigenvalue weighted by molar-refractivity contribution is 5.91. The molecule has 0 radical (unpaired) electrons. The van der Waals surface area contributed by atoms with Crippen molar-refractivity contribution in [2.75, 3.05) is 13.2 Å². The van der Waals surface area contributed by atoms with Crippen LogP contribution in [0.4, 0.5) is 0 Å². The molecule has 0 amide bonds. The minimum Gasteiger partial charge on any atom is -0.494 e. The van der Waals surface area contributed by atoms with Gasteiger partial charge in [-0.15, -0.1) is 0 Å². The van der Waals surface area contributed by atoms with Gasteiger partial charge in [0.05, 0.1) is 18.8 Å². The molecule has 0 saturated carbocycles. The van der Waals surface area contributed by atoms with Gasteiger partial charge in [-0.3, -0.25) is 0 Å². The number of unbranched alkanes of at least 4 members (excludes halogenated alkanes) is 15. The van der Waals surface area contributed by atoms with E-state index in [-0.39, 0.29) is 5.97 Å². The molecule has 2 rings (SSSR count). The van der Waals surface area contributed by atoms with Crippen LogP contribution in [0.15, 0.2) is 48.5 Å². The number of rotatable bonds is 23. The highest BCUT2D eigenvalue weighted by atomic mass is 16.5. The maximum atomic E-state index is 12.5. The molecule has 0 aliphatic rings. The Bertz CT molecular complexity index is 829. The molecular weight excluding hydrogens is 472 g/mol. The maximum absolute atomic E-state index is 12.5. The van der Waals surface area contributed by atoms with Crippen molar-refractivity contribution in [2.24, 2.45) is 0 Å². The van der Waals surface area contributed by atoms with E-state index < -0.39 is 0 Å². The van der Waals surface area contributed by atoms with E-state index in [9.17, 15) is 4.79 Å². The Morgan fingerprint density at radius 3 is 1.24 bits per heavy atom. The quantitative estimate of drug-likeness (QED) is 0.0824. The Hall–Kier alpha value is -2.49. The molecule has 0 aliphatic heterocycles. The Morgan fingerprint density at radius 1 is 0.474 bits per heavy atom. The summed E-state index contributed by atoms with van der Waals surface area (Å²) in [6.07, 6.45) is 21.9. The fourth-order valence-electron chi connectivity index (χ4n) is 4.49. The summed E-state index contributed by atoms with van der Waals surface area (Å²) in [5.41, 5.74) is 0.510. The van der Waals surface area contributed by atoms with Gasteiger partial charge in [0.25, 0.3) is 0 Å². The molecule has 0 fully saturated rings. The van der Waals surface area contributed by atoms with Crippen molar-refractivity contribution in [3.05, 3.63) is 54.1 Å². The lowest BCUT2D eigenvalue weighted by Crippen LogP contribution is -2.08. The minimum absolute atomic E-state index is 0.372. The third kappa shape index (κ3) is 15.1. The van der Waals surface area contributed by atoms with Crippen LogP contribution in [0, 0.1) is 0 Å². The summed E-state index contributed by atoms with van der Waals surface area (Å²) >= 11 is 0. The van der Waals surface area contributed by atoms with E-state index in [1.165, 1.54) is 96.3 Å². The van der Waals surface area contributed by atoms with Gasteiger partial charge in [0, 0.05) is 0 Å². The fraction of sp³-hybridized carbons (Fsp3) is 0.618. The monoisotopic (exact) mass is 524 g/mol. The topological polar surface area (TPSA) is 44.8 Å². The van der Waals surface area contributed by atoms with E-state index in [0.29, 0.717) is 17.9 Å². The van der Waals surface area contributed by atoms with Gasteiger partial charge in [0.15, 0.2) is 0 Å². The van der Waals surface area contributed by atoms with Crippen molar-refractivity contribution in [3.63, 3.8) is 0 Å². The van der Waals surface area contributed by atoms with Crippen LogP contribution >= 0.6 is 0 Å². The summed E-state index contributed by atoms with van der Waals surface area (Å²) in [7, 11) is 0. The molecular formula is C34H52O4. The second-order valence-electron chi connectivity index (χ2n) is 10.4. The average molecular weight is 525 g/mol. The van der Waals surface area contributed by atoms with Crippen molar-refractivity contribution < 1.29 is 19.0 Å². The zero-order valence-electron chi connectivity index (χ0n) is 24.2. The highest BCUT2D eigenvalue weighted by Gasteiger charge is 2.09. The SMILES string of the molecule is CCCCCCCCCCCOc1ccc(C(=O)Oc2ccc(OCCCCCCCCCC)cc2)cc1. The zero-order chi connectivity index (χ0) is 27.1. The lowest BCUT2D eigenvalue weighted by atomic mass is 10.1. The van der Waals surface area contributed by atoms with E-state index in [0.717, 1.165) is 30.9 Å². The first-order chi connectivity index (χ1) is 18.7. The van der Waals surface area contributed by atoms with Gasteiger partial charge in [-0.1, -0.05) is 110 Å². The molecule has 0 aromatic heterocycles. The first-order valence-electron chi connectivity index (χ1n) is 15.4. The Labute approximate surface area is 232 Å². The van der Waals surface area contributed by atoms with E-state index in [4.69, 9.17) is 14.2 Å². The van der Waals surface area contributed by atoms with Crippen LogP contribution in [0.25, 0.3) is 0 Å². The van der Waals surface area contributed by atoms with Crippen LogP contribution < -0.4 is 14.2 Å². The van der Waals surface area contributed by atoms with Crippen molar-refractivity contribution in [2.45, 2.75) is 123 Å². The predicted octanol–water partition coefficient (Wildman–Crippen LogP) is 10.3. The molecule has 0 aliphatic carbocycles. The first-order valence-corrected chi connectivity index (χ1v) is 15.4. The van der Waals surface area contributed by atoms with Crippen molar-refractivity contribution in [3.8, 4) is 17.2 Å². The van der Waals surface area contributed by atoms with E-state index >= 15 is 0 Å². The molecule has 38 heavy (non-hydrogen) atoms. The molecule has 0 N–H and O–H groups in total. The number of esters is 1. The maximum Gasteiger partial charge on any atom is 0.343 e. The molecule has 0 spiro atoms. The third-order valence-corrected chi connectivity index (χ3v) is 6.91. The van der Waals surface area contributed by atoms with Crippen LogP contribution in [0.3, 0.4) is 0 Å². The van der Waals surface area contributed by atoms with E-state index in [1.54, 1.807) is 24.3 Å². The summed E-state index contributed by atoms with van der Waals surface area (Å²) in [4.78, 5) is 12.5. The number of carbonyl (C=O) groups excluding carboxylic acids is 1. The predicted molar refractivity (Wildman–Crippen MR) is 159 cm³/mol. The lowest BCUT2D eigenvalue weighted by Gasteiger charge is -2.09. The van der Waals surface area contributed by atoms with E-state index in [2.05, 4.69) is 13.8 Å². The summed E-state index contributed by atoms with van der Waals surface area (Å²) in [5, 5.41) is 0. The van der Waals surface area contributed by atoms with Crippen LogP contribution in [-0.4, -0.2) is 19.2 Å². The molecule has 212 valence electrons. The molecule has 2 aromatic carbocycles. The molecule has 2 aromatic rings. The van der Waals surface area contributed by atoms with Crippen LogP contribution in [0.5, 0.6) is 17.2 Å². The number of carbonyl (C=O) groups is 1. The van der Waals surface area contributed by atoms with Crippen molar-refractivity contribution in [1.29, 1.82) is 0 Å². The normalized spacial score (nSPS) is 10.9. The molecule has 4 heteroatoms.